The summed E-state index contributed by atoms with van der Waals surface area (Å²) >= 11 is 5.90. The molecule has 2 rings (SSSR count). The summed E-state index contributed by atoms with van der Waals surface area (Å²) in [5.74, 6) is 0.785. The Balaban J connectivity index is 0.00000392. The molecular weight excluding hydrogens is 487 g/mol. The molecule has 0 unspecified atom stereocenters. The van der Waals surface area contributed by atoms with Crippen LogP contribution in [-0.4, -0.2) is 36.9 Å². The Morgan fingerprint density at radius 1 is 0.929 bits per heavy atom. The van der Waals surface area contributed by atoms with Gasteiger partial charge >= 0.3 is 0 Å². The van der Waals surface area contributed by atoms with Crippen LogP contribution in [0.4, 0.5) is 0 Å². The van der Waals surface area contributed by atoms with Crippen LogP contribution in [0.25, 0.3) is 0 Å². The highest BCUT2D eigenvalue weighted by molar-refractivity contribution is 14.0. The van der Waals surface area contributed by atoms with E-state index in [1.165, 1.54) is 0 Å². The molecule has 0 saturated carbocycles. The first-order valence-electron chi connectivity index (χ1n) is 9.14. The van der Waals surface area contributed by atoms with E-state index in [9.17, 15) is 4.79 Å². The summed E-state index contributed by atoms with van der Waals surface area (Å²) in [5.41, 5.74) is 2.93. The van der Waals surface area contributed by atoms with E-state index in [2.05, 4.69) is 15.6 Å². The van der Waals surface area contributed by atoms with Crippen LogP contribution in [0.3, 0.4) is 0 Å². The van der Waals surface area contributed by atoms with Gasteiger partial charge in [-0.2, -0.15) is 0 Å². The molecule has 0 aromatic heterocycles. The lowest BCUT2D eigenvalue weighted by Gasteiger charge is -2.18. The van der Waals surface area contributed by atoms with Crippen LogP contribution in [0, 0.1) is 0 Å². The van der Waals surface area contributed by atoms with E-state index < -0.39 is 0 Å². The van der Waals surface area contributed by atoms with Crippen LogP contribution in [0.15, 0.2) is 53.5 Å². The van der Waals surface area contributed by atoms with Crippen LogP contribution in [0.5, 0.6) is 0 Å². The van der Waals surface area contributed by atoms with E-state index in [0.717, 1.165) is 16.1 Å². The monoisotopic (exact) mass is 514 g/mol. The number of nitrogens with one attached hydrogen (secondary N) is 2. The highest BCUT2D eigenvalue weighted by Crippen LogP contribution is 2.10. The van der Waals surface area contributed by atoms with Crippen molar-refractivity contribution >= 4 is 47.4 Å². The van der Waals surface area contributed by atoms with Crippen molar-refractivity contribution in [1.82, 2.24) is 15.5 Å². The van der Waals surface area contributed by atoms with Crippen LogP contribution < -0.4 is 10.6 Å². The minimum Gasteiger partial charge on any atom is -0.352 e. The van der Waals surface area contributed by atoms with Crippen LogP contribution in [-0.2, 0) is 13.1 Å². The zero-order valence-corrected chi connectivity index (χ0v) is 19.6. The SMILES string of the molecule is CCN(CC)C(=O)c1ccc(CNC(=NC)NCc2ccc(Cl)cc2)cc1.I. The third-order valence-electron chi connectivity index (χ3n) is 4.31. The van der Waals surface area contributed by atoms with E-state index in [1.807, 2.05) is 67.3 Å². The van der Waals surface area contributed by atoms with Gasteiger partial charge in [-0.3, -0.25) is 9.79 Å². The van der Waals surface area contributed by atoms with E-state index >= 15 is 0 Å². The Morgan fingerprint density at radius 2 is 1.39 bits per heavy atom. The standard InChI is InChI=1S/C21H27ClN4O.HI/c1-4-26(5-2)20(27)18-10-6-16(7-11-18)14-24-21(23-3)25-15-17-8-12-19(22)13-9-17;/h6-13H,4-5,14-15H2,1-3H3,(H2,23,24,25);1H. The molecule has 0 heterocycles. The van der Waals surface area contributed by atoms with Gasteiger partial charge < -0.3 is 15.5 Å². The number of carbonyl (C=O) groups excluding carboxylic acids is 1. The number of hydrogen-bond acceptors (Lipinski definition) is 2. The second-order valence-corrected chi connectivity index (χ2v) is 6.52. The molecule has 0 atom stereocenters. The number of aliphatic imine (C=N–C) groups is 1. The maximum Gasteiger partial charge on any atom is 0.253 e. The molecule has 0 fully saturated rings. The smallest absolute Gasteiger partial charge is 0.253 e. The number of guanidine groups is 1. The maximum absolute atomic E-state index is 12.3. The highest BCUT2D eigenvalue weighted by Gasteiger charge is 2.11. The first kappa shape index (κ1) is 24.2. The molecule has 0 bridgehead atoms. The van der Waals surface area contributed by atoms with Crippen molar-refractivity contribution < 1.29 is 4.79 Å². The molecule has 28 heavy (non-hydrogen) atoms. The summed E-state index contributed by atoms with van der Waals surface area (Å²) in [6, 6.07) is 15.4. The average molecular weight is 515 g/mol. The molecule has 2 N–H and O–H groups in total. The number of benzene rings is 2. The third-order valence-corrected chi connectivity index (χ3v) is 4.56. The second-order valence-electron chi connectivity index (χ2n) is 6.08. The Labute approximate surface area is 189 Å². The minimum atomic E-state index is 0. The van der Waals surface area contributed by atoms with Crippen molar-refractivity contribution in [3.05, 3.63) is 70.2 Å². The summed E-state index contributed by atoms with van der Waals surface area (Å²) in [6.07, 6.45) is 0. The average Bonchev–Trinajstić information content (AvgIpc) is 2.70. The van der Waals surface area contributed by atoms with Crippen molar-refractivity contribution in [3.63, 3.8) is 0 Å². The first-order chi connectivity index (χ1) is 13.1. The van der Waals surface area contributed by atoms with Gasteiger partial charge in [-0.25, -0.2) is 0 Å². The number of rotatable bonds is 7. The molecule has 0 spiro atoms. The second kappa shape index (κ2) is 12.6. The topological polar surface area (TPSA) is 56.7 Å². The molecule has 0 aliphatic carbocycles. The van der Waals surface area contributed by atoms with Crippen molar-refractivity contribution in [2.24, 2.45) is 4.99 Å². The normalized spacial score (nSPS) is 10.8. The molecule has 5 nitrogen and oxygen atoms in total. The zero-order valence-electron chi connectivity index (χ0n) is 16.5. The Morgan fingerprint density at radius 3 is 1.82 bits per heavy atom. The number of nitrogens with zero attached hydrogens (tertiary/aromatic N) is 2. The molecular formula is C21H28ClIN4O. The summed E-state index contributed by atoms with van der Waals surface area (Å²) in [6.45, 7) is 6.70. The van der Waals surface area contributed by atoms with Crippen molar-refractivity contribution in [1.29, 1.82) is 0 Å². The Hall–Kier alpha value is -1.80. The molecule has 2 aromatic rings. The summed E-state index contributed by atoms with van der Waals surface area (Å²) < 4.78 is 0. The van der Waals surface area contributed by atoms with Gasteiger partial charge in [-0.1, -0.05) is 35.9 Å². The molecule has 0 radical (unpaired) electrons. The van der Waals surface area contributed by atoms with E-state index in [1.54, 1.807) is 7.05 Å². The minimum absolute atomic E-state index is 0. The molecule has 2 aromatic carbocycles. The number of halogens is 2. The summed E-state index contributed by atoms with van der Waals surface area (Å²) in [7, 11) is 1.74. The van der Waals surface area contributed by atoms with Gasteiger partial charge in [0.2, 0.25) is 0 Å². The third kappa shape index (κ3) is 7.31. The van der Waals surface area contributed by atoms with Gasteiger partial charge in [0.15, 0.2) is 5.96 Å². The fourth-order valence-electron chi connectivity index (χ4n) is 2.65. The van der Waals surface area contributed by atoms with Crippen LogP contribution in [0.1, 0.15) is 35.3 Å². The number of amides is 1. The lowest BCUT2D eigenvalue weighted by molar-refractivity contribution is 0.0773. The van der Waals surface area contributed by atoms with Gasteiger partial charge in [0, 0.05) is 43.8 Å². The largest absolute Gasteiger partial charge is 0.352 e. The lowest BCUT2D eigenvalue weighted by Crippen LogP contribution is -2.36. The van der Waals surface area contributed by atoms with Gasteiger partial charge in [-0.15, -0.1) is 24.0 Å². The first-order valence-corrected chi connectivity index (χ1v) is 9.52. The molecule has 0 aliphatic rings. The predicted molar refractivity (Wildman–Crippen MR) is 128 cm³/mol. The quantitative estimate of drug-likeness (QED) is 0.329. The molecule has 1 amide bonds. The number of hydrogen-bond donors (Lipinski definition) is 2. The van der Waals surface area contributed by atoms with E-state index in [-0.39, 0.29) is 29.9 Å². The van der Waals surface area contributed by atoms with Crippen molar-refractivity contribution in [2.75, 3.05) is 20.1 Å². The fourth-order valence-corrected chi connectivity index (χ4v) is 2.78. The van der Waals surface area contributed by atoms with Gasteiger partial charge in [0.1, 0.15) is 0 Å². The Kier molecular flexibility index (Phi) is 10.9. The predicted octanol–water partition coefficient (Wildman–Crippen LogP) is 4.31. The Bertz CT molecular complexity index is 759. The number of carbonyl (C=O) groups is 1. The van der Waals surface area contributed by atoms with Crippen LogP contribution in [0.2, 0.25) is 5.02 Å². The lowest BCUT2D eigenvalue weighted by atomic mass is 10.1. The summed E-state index contributed by atoms with van der Waals surface area (Å²) in [4.78, 5) is 18.4. The molecule has 0 saturated heterocycles. The van der Waals surface area contributed by atoms with Gasteiger partial charge in [0.05, 0.1) is 0 Å². The zero-order chi connectivity index (χ0) is 19.6. The molecule has 0 aliphatic heterocycles. The van der Waals surface area contributed by atoms with Crippen molar-refractivity contribution in [3.8, 4) is 0 Å². The van der Waals surface area contributed by atoms with Gasteiger partial charge in [0.25, 0.3) is 5.91 Å². The van der Waals surface area contributed by atoms with E-state index in [4.69, 9.17) is 11.6 Å². The highest BCUT2D eigenvalue weighted by atomic mass is 127. The maximum atomic E-state index is 12.3. The fraction of sp³-hybridized carbons (Fsp3) is 0.333. The molecule has 152 valence electrons. The van der Waals surface area contributed by atoms with Gasteiger partial charge in [-0.05, 0) is 49.2 Å². The van der Waals surface area contributed by atoms with E-state index in [0.29, 0.717) is 37.7 Å². The molecule has 7 heteroatoms. The van der Waals surface area contributed by atoms with Crippen LogP contribution >= 0.6 is 35.6 Å². The van der Waals surface area contributed by atoms with Crippen molar-refractivity contribution in [2.45, 2.75) is 26.9 Å². The summed E-state index contributed by atoms with van der Waals surface area (Å²) in [5, 5.41) is 7.27.